The Morgan fingerprint density at radius 1 is 1.19 bits per heavy atom. The molecule has 1 saturated heterocycles. The van der Waals surface area contributed by atoms with Crippen LogP contribution >= 0.6 is 11.3 Å². The minimum atomic E-state index is -4.79. The standard InChI is InChI=1S/C16H20F3N5O5S3/c1-31(25,26)24-7-4-10(5-8-24)21-15-20-6-3-11(22-15)13-14(16(17,18)19)23-12(30-13)9-29-32(2,27)28/h3,6,10H,4-5,7-9H2,1-2H3,(H,20,21,22). The zero-order chi connectivity index (χ0) is 23.7. The molecule has 32 heavy (non-hydrogen) atoms. The third-order valence-electron chi connectivity index (χ3n) is 4.48. The van der Waals surface area contributed by atoms with Crippen molar-refractivity contribution in [3.8, 4) is 10.6 Å². The molecule has 10 nitrogen and oxygen atoms in total. The van der Waals surface area contributed by atoms with Gasteiger partial charge in [0.2, 0.25) is 16.0 Å². The Balaban J connectivity index is 1.80. The van der Waals surface area contributed by atoms with Crippen LogP contribution in [0.3, 0.4) is 0 Å². The summed E-state index contributed by atoms with van der Waals surface area (Å²) in [6.45, 7) is 0.00158. The summed E-state index contributed by atoms with van der Waals surface area (Å²) >= 11 is 0.626. The summed E-state index contributed by atoms with van der Waals surface area (Å²) in [5.74, 6) is 0.0933. The Hall–Kier alpha value is -1.88. The lowest BCUT2D eigenvalue weighted by Crippen LogP contribution is -2.42. The molecule has 0 radical (unpaired) electrons. The predicted molar refractivity (Wildman–Crippen MR) is 111 cm³/mol. The van der Waals surface area contributed by atoms with E-state index in [1.54, 1.807) is 0 Å². The molecule has 1 aliphatic rings. The second-order valence-corrected chi connectivity index (χ2v) is 11.8. The van der Waals surface area contributed by atoms with E-state index in [0.717, 1.165) is 12.5 Å². The predicted octanol–water partition coefficient (Wildman–Crippen LogP) is 1.93. The van der Waals surface area contributed by atoms with Gasteiger partial charge in [0, 0.05) is 25.3 Å². The van der Waals surface area contributed by atoms with Crippen LogP contribution in [0, 0.1) is 0 Å². The molecule has 2 aromatic rings. The van der Waals surface area contributed by atoms with E-state index >= 15 is 0 Å². The fraction of sp³-hybridized carbons (Fsp3) is 0.562. The maximum Gasteiger partial charge on any atom is 0.434 e. The number of nitrogens with zero attached hydrogens (tertiary/aromatic N) is 4. The van der Waals surface area contributed by atoms with Crippen molar-refractivity contribution in [2.75, 3.05) is 30.9 Å². The van der Waals surface area contributed by atoms with Crippen molar-refractivity contribution in [2.24, 2.45) is 0 Å². The first kappa shape index (κ1) is 24.8. The minimum absolute atomic E-state index is 0.0356. The molecule has 0 saturated carbocycles. The maximum absolute atomic E-state index is 13.5. The van der Waals surface area contributed by atoms with E-state index in [1.165, 1.54) is 16.6 Å². The van der Waals surface area contributed by atoms with E-state index in [2.05, 4.69) is 24.5 Å². The number of hydrogen-bond acceptors (Lipinski definition) is 10. The molecule has 1 aliphatic heterocycles. The van der Waals surface area contributed by atoms with E-state index in [9.17, 15) is 30.0 Å². The van der Waals surface area contributed by atoms with Crippen molar-refractivity contribution >= 4 is 37.4 Å². The van der Waals surface area contributed by atoms with Gasteiger partial charge in [0.05, 0.1) is 23.1 Å². The number of aromatic nitrogens is 3. The summed E-state index contributed by atoms with van der Waals surface area (Å²) in [7, 11) is -7.13. The van der Waals surface area contributed by atoms with E-state index < -0.39 is 38.6 Å². The van der Waals surface area contributed by atoms with Gasteiger partial charge in [-0.3, -0.25) is 4.18 Å². The van der Waals surface area contributed by atoms with Gasteiger partial charge in [0.15, 0.2) is 5.69 Å². The number of nitrogens with one attached hydrogen (secondary N) is 1. The van der Waals surface area contributed by atoms with Crippen LogP contribution in [0.5, 0.6) is 0 Å². The number of thiazole rings is 1. The molecule has 0 unspecified atom stereocenters. The van der Waals surface area contributed by atoms with Crippen LogP contribution in [-0.2, 0) is 37.1 Å². The largest absolute Gasteiger partial charge is 0.434 e. The average Bonchev–Trinajstić information content (AvgIpc) is 3.11. The zero-order valence-corrected chi connectivity index (χ0v) is 19.4. The quantitative estimate of drug-likeness (QED) is 0.550. The molecule has 1 fully saturated rings. The monoisotopic (exact) mass is 515 g/mol. The van der Waals surface area contributed by atoms with Crippen molar-refractivity contribution < 1.29 is 34.2 Å². The topological polar surface area (TPSA) is 131 Å². The molecule has 0 bridgehead atoms. The van der Waals surface area contributed by atoms with Crippen LogP contribution in [0.25, 0.3) is 10.6 Å². The van der Waals surface area contributed by atoms with Crippen LogP contribution in [0.2, 0.25) is 0 Å². The van der Waals surface area contributed by atoms with Gasteiger partial charge in [0.1, 0.15) is 11.6 Å². The fourth-order valence-corrected chi connectivity index (χ4v) is 5.26. The van der Waals surface area contributed by atoms with Crippen LogP contribution < -0.4 is 5.32 Å². The first-order valence-electron chi connectivity index (χ1n) is 9.19. The Morgan fingerprint density at radius 2 is 1.84 bits per heavy atom. The zero-order valence-electron chi connectivity index (χ0n) is 17.0. The third kappa shape index (κ3) is 6.57. The molecule has 16 heteroatoms. The Morgan fingerprint density at radius 3 is 2.41 bits per heavy atom. The van der Waals surface area contributed by atoms with Gasteiger partial charge in [-0.25, -0.2) is 27.7 Å². The van der Waals surface area contributed by atoms with Gasteiger partial charge < -0.3 is 5.32 Å². The van der Waals surface area contributed by atoms with E-state index in [1.807, 2.05) is 0 Å². The molecule has 3 heterocycles. The van der Waals surface area contributed by atoms with Gasteiger partial charge in [0.25, 0.3) is 10.1 Å². The summed E-state index contributed by atoms with van der Waals surface area (Å²) < 4.78 is 91.9. The van der Waals surface area contributed by atoms with Crippen LogP contribution in [0.1, 0.15) is 23.5 Å². The minimum Gasteiger partial charge on any atom is -0.351 e. The van der Waals surface area contributed by atoms with Gasteiger partial charge in [-0.05, 0) is 18.9 Å². The number of hydrogen-bond donors (Lipinski definition) is 1. The van der Waals surface area contributed by atoms with Crippen molar-refractivity contribution in [1.29, 1.82) is 0 Å². The molecule has 1 N–H and O–H groups in total. The summed E-state index contributed by atoms with van der Waals surface area (Å²) in [5, 5.41) is 2.86. The normalized spacial score (nSPS) is 16.9. The molecule has 0 atom stereocenters. The highest BCUT2D eigenvalue weighted by Gasteiger charge is 2.38. The number of anilines is 1. The van der Waals surface area contributed by atoms with Gasteiger partial charge in [-0.15, -0.1) is 11.3 Å². The lowest BCUT2D eigenvalue weighted by Gasteiger charge is -2.30. The first-order valence-corrected chi connectivity index (χ1v) is 13.7. The van der Waals surface area contributed by atoms with Gasteiger partial charge in [-0.2, -0.15) is 21.6 Å². The lowest BCUT2D eigenvalue weighted by atomic mass is 10.1. The summed E-state index contributed by atoms with van der Waals surface area (Å²) in [4.78, 5) is 11.4. The van der Waals surface area contributed by atoms with Crippen molar-refractivity contribution in [3.05, 3.63) is 23.0 Å². The summed E-state index contributed by atoms with van der Waals surface area (Å²) in [6, 6.07) is 1.15. The summed E-state index contributed by atoms with van der Waals surface area (Å²) in [6.07, 6.45) is -0.593. The smallest absolute Gasteiger partial charge is 0.351 e. The van der Waals surface area contributed by atoms with Gasteiger partial charge in [-0.1, -0.05) is 0 Å². The number of piperidine rings is 1. The number of halogens is 3. The molecule has 3 rings (SSSR count). The van der Waals surface area contributed by atoms with Crippen LogP contribution in [0.15, 0.2) is 12.3 Å². The third-order valence-corrected chi connectivity index (χ3v) is 7.38. The SMILES string of the molecule is CS(=O)(=O)OCc1nc(C(F)(F)F)c(-c2ccnc(NC3CCN(S(C)(=O)=O)CC3)n2)s1. The molecule has 2 aromatic heterocycles. The summed E-state index contributed by atoms with van der Waals surface area (Å²) in [5.41, 5.74) is -1.23. The highest BCUT2D eigenvalue weighted by Crippen LogP contribution is 2.40. The Kier molecular flexibility index (Phi) is 7.09. The Bertz CT molecular complexity index is 1180. The molecule has 0 spiro atoms. The molecule has 0 aromatic carbocycles. The highest BCUT2D eigenvalue weighted by molar-refractivity contribution is 7.88. The van der Waals surface area contributed by atoms with Crippen LogP contribution in [0.4, 0.5) is 19.1 Å². The highest BCUT2D eigenvalue weighted by atomic mass is 32.2. The first-order chi connectivity index (χ1) is 14.7. The number of rotatable bonds is 7. The van der Waals surface area contributed by atoms with E-state index in [0.29, 0.717) is 37.3 Å². The molecular formula is C16H20F3N5O5S3. The second kappa shape index (κ2) is 9.17. The second-order valence-electron chi connectivity index (χ2n) is 7.10. The van der Waals surface area contributed by atoms with Crippen LogP contribution in [-0.4, -0.2) is 67.7 Å². The van der Waals surface area contributed by atoms with Crippen molar-refractivity contribution in [3.63, 3.8) is 0 Å². The maximum atomic E-state index is 13.5. The lowest BCUT2D eigenvalue weighted by molar-refractivity contribution is -0.140. The van der Waals surface area contributed by atoms with Crippen molar-refractivity contribution in [1.82, 2.24) is 19.3 Å². The molecule has 0 amide bonds. The fourth-order valence-electron chi connectivity index (χ4n) is 3.02. The van der Waals surface area contributed by atoms with E-state index in [4.69, 9.17) is 0 Å². The van der Waals surface area contributed by atoms with Gasteiger partial charge >= 0.3 is 6.18 Å². The van der Waals surface area contributed by atoms with E-state index in [-0.39, 0.29) is 27.6 Å². The molecular weight excluding hydrogens is 495 g/mol. The molecule has 0 aliphatic carbocycles. The number of sulfonamides is 1. The average molecular weight is 516 g/mol. The Labute approximate surface area is 187 Å². The molecule has 178 valence electrons. The number of alkyl halides is 3. The van der Waals surface area contributed by atoms with Crippen molar-refractivity contribution in [2.45, 2.75) is 31.7 Å².